The molecule has 1 aromatic rings. The third kappa shape index (κ3) is 3.42. The first-order valence-corrected chi connectivity index (χ1v) is 8.44. The largest absolute Gasteiger partial charge is 0.493 e. The summed E-state index contributed by atoms with van der Waals surface area (Å²) in [6, 6.07) is 5.55. The highest BCUT2D eigenvalue weighted by Gasteiger charge is 2.32. The average Bonchev–Trinajstić information content (AvgIpc) is 3.13. The van der Waals surface area contributed by atoms with Crippen LogP contribution < -0.4 is 14.8 Å². The van der Waals surface area contributed by atoms with Gasteiger partial charge in [0.1, 0.15) is 6.04 Å². The van der Waals surface area contributed by atoms with Crippen molar-refractivity contribution in [2.45, 2.75) is 51.3 Å². The van der Waals surface area contributed by atoms with Crippen molar-refractivity contribution in [3.63, 3.8) is 0 Å². The molecule has 1 saturated heterocycles. The number of nitrogens with one attached hydrogen (secondary N) is 1. The van der Waals surface area contributed by atoms with E-state index in [0.29, 0.717) is 17.4 Å². The van der Waals surface area contributed by atoms with E-state index in [1.54, 1.807) is 12.0 Å². The molecule has 1 atom stereocenters. The smallest absolute Gasteiger partial charge is 0.251 e. The molecule has 124 valence electrons. The first-order chi connectivity index (χ1) is 11.1. The highest BCUT2D eigenvalue weighted by atomic mass is 32.1. The molecule has 0 spiro atoms. The number of amides is 1. The van der Waals surface area contributed by atoms with E-state index in [4.69, 9.17) is 21.7 Å². The van der Waals surface area contributed by atoms with Gasteiger partial charge >= 0.3 is 0 Å². The minimum absolute atomic E-state index is 0.000231. The van der Waals surface area contributed by atoms with Crippen LogP contribution in [-0.4, -0.2) is 35.2 Å². The predicted molar refractivity (Wildman–Crippen MR) is 91.6 cm³/mol. The molecule has 0 radical (unpaired) electrons. The van der Waals surface area contributed by atoms with Crippen molar-refractivity contribution in [1.29, 1.82) is 0 Å². The van der Waals surface area contributed by atoms with Crippen LogP contribution in [0.3, 0.4) is 0 Å². The molecular weight excluding hydrogens is 312 g/mol. The molecule has 1 aromatic carbocycles. The SMILES string of the molecule is COc1cc(CN2C(=O)C(C)NC2=S)ccc1OC1CCCC1. The van der Waals surface area contributed by atoms with Crippen LogP contribution in [0, 0.1) is 0 Å². The summed E-state index contributed by atoms with van der Waals surface area (Å²) in [5, 5.41) is 3.46. The minimum atomic E-state index is -0.255. The standard InChI is InChI=1S/C17H22N2O3S/c1-11-16(20)19(17(23)18-11)10-12-7-8-14(15(9-12)21-2)22-13-5-3-4-6-13/h7-9,11,13H,3-6,10H2,1-2H3,(H,18,23). The van der Waals surface area contributed by atoms with E-state index in [0.717, 1.165) is 24.2 Å². The van der Waals surface area contributed by atoms with Crippen LogP contribution in [0.5, 0.6) is 11.5 Å². The van der Waals surface area contributed by atoms with E-state index in [2.05, 4.69) is 5.32 Å². The van der Waals surface area contributed by atoms with Gasteiger partial charge in [0.25, 0.3) is 5.91 Å². The molecule has 1 aliphatic carbocycles. The Morgan fingerprint density at radius 3 is 2.65 bits per heavy atom. The second-order valence-corrected chi connectivity index (χ2v) is 6.49. The fourth-order valence-corrected chi connectivity index (χ4v) is 3.42. The van der Waals surface area contributed by atoms with Crippen LogP contribution in [0.2, 0.25) is 0 Å². The maximum absolute atomic E-state index is 12.1. The van der Waals surface area contributed by atoms with Gasteiger partial charge < -0.3 is 14.8 Å². The lowest BCUT2D eigenvalue weighted by atomic mass is 10.2. The lowest BCUT2D eigenvalue weighted by molar-refractivity contribution is -0.127. The Labute approximate surface area is 141 Å². The normalized spacial score (nSPS) is 21.7. The van der Waals surface area contributed by atoms with Crippen molar-refractivity contribution in [2.24, 2.45) is 0 Å². The van der Waals surface area contributed by atoms with Gasteiger partial charge in [0.05, 0.1) is 19.8 Å². The van der Waals surface area contributed by atoms with Crippen LogP contribution in [0.25, 0.3) is 0 Å². The number of rotatable bonds is 5. The van der Waals surface area contributed by atoms with Gasteiger partial charge in [0, 0.05) is 0 Å². The molecule has 0 bridgehead atoms. The van der Waals surface area contributed by atoms with E-state index < -0.39 is 0 Å². The quantitative estimate of drug-likeness (QED) is 0.839. The van der Waals surface area contributed by atoms with Gasteiger partial charge in [-0.3, -0.25) is 9.69 Å². The lowest BCUT2D eigenvalue weighted by Gasteiger charge is -2.18. The summed E-state index contributed by atoms with van der Waals surface area (Å²) in [6.07, 6.45) is 4.94. The van der Waals surface area contributed by atoms with Gasteiger partial charge in [-0.1, -0.05) is 6.07 Å². The molecule has 6 heteroatoms. The number of benzene rings is 1. The minimum Gasteiger partial charge on any atom is -0.493 e. The number of ether oxygens (including phenoxy) is 2. The second-order valence-electron chi connectivity index (χ2n) is 6.11. The van der Waals surface area contributed by atoms with Gasteiger partial charge in [-0.05, 0) is 62.5 Å². The maximum Gasteiger partial charge on any atom is 0.251 e. The number of carbonyl (C=O) groups excluding carboxylic acids is 1. The molecule has 5 nitrogen and oxygen atoms in total. The zero-order valence-corrected chi connectivity index (χ0v) is 14.3. The highest BCUT2D eigenvalue weighted by molar-refractivity contribution is 7.80. The Bertz CT molecular complexity index is 614. The lowest BCUT2D eigenvalue weighted by Crippen LogP contribution is -2.30. The Kier molecular flexibility index (Phi) is 4.71. The number of nitrogens with zero attached hydrogens (tertiary/aromatic N) is 1. The first-order valence-electron chi connectivity index (χ1n) is 8.04. The van der Waals surface area contributed by atoms with Crippen molar-refractivity contribution in [3.8, 4) is 11.5 Å². The van der Waals surface area contributed by atoms with Crippen molar-refractivity contribution in [2.75, 3.05) is 7.11 Å². The van der Waals surface area contributed by atoms with Crippen molar-refractivity contribution in [1.82, 2.24) is 10.2 Å². The summed E-state index contributed by atoms with van der Waals surface area (Å²) in [5.41, 5.74) is 0.965. The van der Waals surface area contributed by atoms with Crippen LogP contribution in [0.1, 0.15) is 38.2 Å². The van der Waals surface area contributed by atoms with Crippen molar-refractivity contribution in [3.05, 3.63) is 23.8 Å². The second kappa shape index (κ2) is 6.74. The Balaban J connectivity index is 1.73. The van der Waals surface area contributed by atoms with Crippen LogP contribution in [0.4, 0.5) is 0 Å². The zero-order valence-electron chi connectivity index (χ0n) is 13.5. The summed E-state index contributed by atoms with van der Waals surface area (Å²) in [4.78, 5) is 13.7. The number of hydrogen-bond donors (Lipinski definition) is 1. The number of hydrogen-bond acceptors (Lipinski definition) is 4. The topological polar surface area (TPSA) is 50.8 Å². The van der Waals surface area contributed by atoms with Gasteiger partial charge in [-0.25, -0.2) is 0 Å². The Morgan fingerprint density at radius 1 is 1.30 bits per heavy atom. The van der Waals surface area contributed by atoms with Crippen LogP contribution >= 0.6 is 12.2 Å². The van der Waals surface area contributed by atoms with E-state index in [9.17, 15) is 4.79 Å². The van der Waals surface area contributed by atoms with E-state index in [1.165, 1.54) is 12.8 Å². The molecule has 23 heavy (non-hydrogen) atoms. The molecule has 2 fully saturated rings. The molecule has 1 unspecified atom stereocenters. The summed E-state index contributed by atoms with van der Waals surface area (Å²) in [5.74, 6) is 1.47. The summed E-state index contributed by atoms with van der Waals surface area (Å²) < 4.78 is 11.5. The monoisotopic (exact) mass is 334 g/mol. The number of carbonyl (C=O) groups is 1. The average molecular weight is 334 g/mol. The van der Waals surface area contributed by atoms with Crippen LogP contribution in [0.15, 0.2) is 18.2 Å². The molecule has 3 rings (SSSR count). The summed E-state index contributed by atoms with van der Waals surface area (Å²) >= 11 is 5.21. The van der Waals surface area contributed by atoms with E-state index in [-0.39, 0.29) is 18.1 Å². The van der Waals surface area contributed by atoms with Gasteiger partial charge in [0.2, 0.25) is 0 Å². The van der Waals surface area contributed by atoms with Crippen molar-refractivity contribution >= 4 is 23.2 Å². The summed E-state index contributed by atoms with van der Waals surface area (Å²) in [7, 11) is 1.63. The Hall–Kier alpha value is -1.82. The molecular formula is C17H22N2O3S. The molecule has 1 amide bonds. The van der Waals surface area contributed by atoms with Gasteiger partial charge in [0.15, 0.2) is 16.6 Å². The van der Waals surface area contributed by atoms with Gasteiger partial charge in [-0.15, -0.1) is 0 Å². The van der Waals surface area contributed by atoms with Crippen molar-refractivity contribution < 1.29 is 14.3 Å². The predicted octanol–water partition coefficient (Wildman–Crippen LogP) is 2.62. The Morgan fingerprint density at radius 2 is 2.04 bits per heavy atom. The molecule has 2 aliphatic rings. The molecule has 0 aromatic heterocycles. The van der Waals surface area contributed by atoms with E-state index in [1.807, 2.05) is 25.1 Å². The molecule has 1 aliphatic heterocycles. The zero-order chi connectivity index (χ0) is 16.4. The van der Waals surface area contributed by atoms with Crippen LogP contribution in [-0.2, 0) is 11.3 Å². The summed E-state index contributed by atoms with van der Waals surface area (Å²) in [6.45, 7) is 2.25. The maximum atomic E-state index is 12.1. The fourth-order valence-electron chi connectivity index (χ4n) is 3.08. The molecule has 1 heterocycles. The number of methoxy groups -OCH3 is 1. The highest BCUT2D eigenvalue weighted by Crippen LogP contribution is 2.32. The molecule has 1 saturated carbocycles. The van der Waals surface area contributed by atoms with E-state index >= 15 is 0 Å². The third-order valence-electron chi connectivity index (χ3n) is 4.39. The first kappa shape index (κ1) is 16.1. The van der Waals surface area contributed by atoms with Gasteiger partial charge in [-0.2, -0.15) is 0 Å². The number of thiocarbonyl (C=S) groups is 1. The molecule has 1 N–H and O–H groups in total. The fraction of sp³-hybridized carbons (Fsp3) is 0.529. The third-order valence-corrected chi connectivity index (χ3v) is 4.72.